The second kappa shape index (κ2) is 3.33. The van der Waals surface area contributed by atoms with Crippen LogP contribution in [0.25, 0.3) is 11.3 Å². The van der Waals surface area contributed by atoms with Crippen molar-refractivity contribution in [1.29, 1.82) is 0 Å². The first-order valence-corrected chi connectivity index (χ1v) is 4.11. The molecule has 14 heavy (non-hydrogen) atoms. The van der Waals surface area contributed by atoms with Gasteiger partial charge in [-0.2, -0.15) is 0 Å². The van der Waals surface area contributed by atoms with Gasteiger partial charge in [-0.15, -0.1) is 0 Å². The van der Waals surface area contributed by atoms with Crippen LogP contribution < -0.4 is 5.56 Å². The fourth-order valence-corrected chi connectivity index (χ4v) is 1.20. The summed E-state index contributed by atoms with van der Waals surface area (Å²) in [5, 5.41) is 9.47. The number of pyridine rings is 2. The molecule has 2 aromatic heterocycles. The van der Waals surface area contributed by atoms with Gasteiger partial charge in [-0.3, -0.25) is 9.78 Å². The van der Waals surface area contributed by atoms with E-state index in [4.69, 9.17) is 0 Å². The molecule has 0 bridgehead atoms. The number of aromatic hydroxyl groups is 1. The molecule has 70 valence electrons. The molecular weight excluding hydrogens is 180 g/mol. The zero-order valence-electron chi connectivity index (χ0n) is 7.27. The minimum absolute atomic E-state index is 0.300. The molecule has 4 nitrogen and oxygen atoms in total. The minimum Gasteiger partial charge on any atom is -0.503 e. The number of hydrogen-bond donors (Lipinski definition) is 2. The molecular formula is C10H8N2O2. The normalized spacial score (nSPS) is 10.0. The molecule has 0 amide bonds. The zero-order valence-corrected chi connectivity index (χ0v) is 7.27. The molecule has 0 aliphatic rings. The van der Waals surface area contributed by atoms with Gasteiger partial charge < -0.3 is 10.1 Å². The van der Waals surface area contributed by atoms with E-state index in [9.17, 15) is 9.90 Å². The molecule has 0 aliphatic carbocycles. The molecule has 4 heteroatoms. The molecule has 0 atom stereocenters. The maximum absolute atomic E-state index is 11.1. The second-order valence-electron chi connectivity index (χ2n) is 2.78. The molecule has 0 saturated carbocycles. The summed E-state index contributed by atoms with van der Waals surface area (Å²) in [6, 6.07) is 6.91. The van der Waals surface area contributed by atoms with Crippen LogP contribution in [-0.2, 0) is 0 Å². The Balaban J connectivity index is 2.64. The van der Waals surface area contributed by atoms with Gasteiger partial charge in [-0.1, -0.05) is 6.07 Å². The van der Waals surface area contributed by atoms with Gasteiger partial charge in [0.05, 0.1) is 5.69 Å². The average molecular weight is 188 g/mol. The summed E-state index contributed by atoms with van der Waals surface area (Å²) in [7, 11) is 0. The summed E-state index contributed by atoms with van der Waals surface area (Å²) < 4.78 is 0. The SMILES string of the molecule is O=c1[nH]ccc(-c2ccccn2)c1O. The van der Waals surface area contributed by atoms with E-state index in [0.717, 1.165) is 0 Å². The van der Waals surface area contributed by atoms with Crippen LogP contribution in [0.1, 0.15) is 0 Å². The highest BCUT2D eigenvalue weighted by atomic mass is 16.3. The lowest BCUT2D eigenvalue weighted by molar-refractivity contribution is 0.468. The van der Waals surface area contributed by atoms with Gasteiger partial charge in [0.15, 0.2) is 5.75 Å². The number of rotatable bonds is 1. The Morgan fingerprint density at radius 3 is 2.86 bits per heavy atom. The Morgan fingerprint density at radius 2 is 2.14 bits per heavy atom. The van der Waals surface area contributed by atoms with Crippen LogP contribution >= 0.6 is 0 Å². The molecule has 0 aromatic carbocycles. The maximum atomic E-state index is 11.1. The summed E-state index contributed by atoms with van der Waals surface area (Å²) in [5.74, 6) is -0.300. The van der Waals surface area contributed by atoms with E-state index in [1.165, 1.54) is 6.20 Å². The molecule has 0 radical (unpaired) electrons. The fourth-order valence-electron chi connectivity index (χ4n) is 1.20. The van der Waals surface area contributed by atoms with Gasteiger partial charge in [0, 0.05) is 18.0 Å². The second-order valence-corrected chi connectivity index (χ2v) is 2.78. The monoisotopic (exact) mass is 188 g/mol. The topological polar surface area (TPSA) is 66.0 Å². The highest BCUT2D eigenvalue weighted by Crippen LogP contribution is 2.22. The highest BCUT2D eigenvalue weighted by Gasteiger charge is 2.06. The van der Waals surface area contributed by atoms with Crippen molar-refractivity contribution < 1.29 is 5.11 Å². The number of hydrogen-bond acceptors (Lipinski definition) is 3. The lowest BCUT2D eigenvalue weighted by Crippen LogP contribution is -2.04. The van der Waals surface area contributed by atoms with Gasteiger partial charge in [-0.05, 0) is 18.2 Å². The summed E-state index contributed by atoms with van der Waals surface area (Å²) >= 11 is 0. The van der Waals surface area contributed by atoms with E-state index in [2.05, 4.69) is 9.97 Å². The third kappa shape index (κ3) is 1.37. The smallest absolute Gasteiger partial charge is 0.290 e. The first-order chi connectivity index (χ1) is 6.79. The third-order valence-corrected chi connectivity index (χ3v) is 1.88. The van der Waals surface area contributed by atoms with Gasteiger partial charge in [0.25, 0.3) is 5.56 Å². The van der Waals surface area contributed by atoms with Crippen LogP contribution in [0, 0.1) is 0 Å². The maximum Gasteiger partial charge on any atom is 0.290 e. The molecule has 2 rings (SSSR count). The lowest BCUT2D eigenvalue weighted by atomic mass is 10.1. The van der Waals surface area contributed by atoms with Gasteiger partial charge in [0.2, 0.25) is 0 Å². The molecule has 2 heterocycles. The van der Waals surface area contributed by atoms with Gasteiger partial charge >= 0.3 is 0 Å². The first kappa shape index (κ1) is 8.50. The van der Waals surface area contributed by atoms with Gasteiger partial charge in [-0.25, -0.2) is 0 Å². The largest absolute Gasteiger partial charge is 0.503 e. The van der Waals surface area contributed by atoms with Gasteiger partial charge in [0.1, 0.15) is 0 Å². The van der Waals surface area contributed by atoms with Crippen molar-refractivity contribution in [3.05, 3.63) is 47.0 Å². The Bertz CT molecular complexity index is 491. The Hall–Kier alpha value is -2.10. The van der Waals surface area contributed by atoms with Crippen LogP contribution in [0.15, 0.2) is 41.5 Å². The molecule has 0 aliphatic heterocycles. The Labute approximate surface area is 79.9 Å². The first-order valence-electron chi connectivity index (χ1n) is 4.11. The quantitative estimate of drug-likeness (QED) is 0.705. The van der Waals surface area contributed by atoms with Crippen LogP contribution in [0.5, 0.6) is 5.75 Å². The number of aromatic nitrogens is 2. The fraction of sp³-hybridized carbons (Fsp3) is 0. The van der Waals surface area contributed by atoms with Crippen molar-refractivity contribution in [3.8, 4) is 17.0 Å². The number of nitrogens with zero attached hydrogens (tertiary/aromatic N) is 1. The Morgan fingerprint density at radius 1 is 1.29 bits per heavy atom. The van der Waals surface area contributed by atoms with Crippen LogP contribution in [0.3, 0.4) is 0 Å². The molecule has 2 aromatic rings. The summed E-state index contributed by atoms with van der Waals surface area (Å²) in [5.41, 5.74) is 0.513. The third-order valence-electron chi connectivity index (χ3n) is 1.88. The number of aromatic amines is 1. The van der Waals surface area contributed by atoms with Crippen LogP contribution in [-0.4, -0.2) is 15.1 Å². The zero-order chi connectivity index (χ0) is 9.97. The molecule has 0 fully saturated rings. The van der Waals surface area contributed by atoms with E-state index in [-0.39, 0.29) is 5.75 Å². The number of H-pyrrole nitrogens is 1. The van der Waals surface area contributed by atoms with Crippen molar-refractivity contribution in [1.82, 2.24) is 9.97 Å². The van der Waals surface area contributed by atoms with Crippen molar-refractivity contribution >= 4 is 0 Å². The molecule has 0 saturated heterocycles. The van der Waals surface area contributed by atoms with Crippen molar-refractivity contribution in [3.63, 3.8) is 0 Å². The summed E-state index contributed by atoms with van der Waals surface area (Å²) in [4.78, 5) is 17.5. The van der Waals surface area contributed by atoms with Crippen molar-refractivity contribution in [2.45, 2.75) is 0 Å². The molecule has 0 unspecified atom stereocenters. The van der Waals surface area contributed by atoms with E-state index < -0.39 is 5.56 Å². The van der Waals surface area contributed by atoms with Crippen molar-refractivity contribution in [2.75, 3.05) is 0 Å². The van der Waals surface area contributed by atoms with E-state index in [1.807, 2.05) is 0 Å². The summed E-state index contributed by atoms with van der Waals surface area (Å²) in [6.45, 7) is 0. The predicted molar refractivity (Wildman–Crippen MR) is 52.0 cm³/mol. The summed E-state index contributed by atoms with van der Waals surface area (Å²) in [6.07, 6.45) is 3.09. The highest BCUT2D eigenvalue weighted by molar-refractivity contribution is 5.65. The average Bonchev–Trinajstić information content (AvgIpc) is 2.23. The lowest BCUT2D eigenvalue weighted by Gasteiger charge is -2.01. The van der Waals surface area contributed by atoms with Crippen molar-refractivity contribution in [2.24, 2.45) is 0 Å². The van der Waals surface area contributed by atoms with Crippen LogP contribution in [0.2, 0.25) is 0 Å². The molecule has 2 N–H and O–H groups in total. The minimum atomic E-state index is -0.506. The van der Waals surface area contributed by atoms with E-state index in [0.29, 0.717) is 11.3 Å². The predicted octanol–water partition coefficient (Wildman–Crippen LogP) is 1.14. The standard InChI is InChI=1S/C10H8N2O2/c13-9-7(4-6-12-10(9)14)8-3-1-2-5-11-8/h1-6,13H,(H,12,14). The van der Waals surface area contributed by atoms with E-state index in [1.54, 1.807) is 30.5 Å². The molecule has 0 spiro atoms. The number of nitrogens with one attached hydrogen (secondary N) is 1. The van der Waals surface area contributed by atoms with Crippen LogP contribution in [0.4, 0.5) is 0 Å². The van der Waals surface area contributed by atoms with E-state index >= 15 is 0 Å². The Kier molecular flexibility index (Phi) is 2.02.